The van der Waals surface area contributed by atoms with Crippen LogP contribution in [0.15, 0.2) is 41.9 Å². The predicted octanol–water partition coefficient (Wildman–Crippen LogP) is 3.17. The molecular weight excluding hydrogens is 316 g/mol. The molecule has 0 fully saturated rings. The van der Waals surface area contributed by atoms with E-state index in [0.717, 1.165) is 12.0 Å². The molecule has 2 heterocycles. The zero-order chi connectivity index (χ0) is 16.4. The monoisotopic (exact) mass is 332 g/mol. The second-order valence-electron chi connectivity index (χ2n) is 5.28. The summed E-state index contributed by atoms with van der Waals surface area (Å²) in [5, 5.41) is 7.99. The predicted molar refractivity (Wildman–Crippen MR) is 87.2 cm³/mol. The summed E-state index contributed by atoms with van der Waals surface area (Å²) >= 11 is 5.98. The number of halogens is 1. The Morgan fingerprint density at radius 1 is 1.39 bits per heavy atom. The average molecular weight is 333 g/mol. The molecule has 1 aliphatic heterocycles. The number of hydrogen-bond donors (Lipinski definition) is 1. The number of allylic oxidation sites excluding steroid dienone is 1. The Morgan fingerprint density at radius 3 is 2.83 bits per heavy atom. The highest BCUT2D eigenvalue weighted by Crippen LogP contribution is 2.35. The Bertz CT molecular complexity index is 752. The maximum atomic E-state index is 12.5. The summed E-state index contributed by atoms with van der Waals surface area (Å²) in [6, 6.07) is 6.95. The van der Waals surface area contributed by atoms with Crippen molar-refractivity contribution in [3.63, 3.8) is 0 Å². The molecule has 0 saturated carbocycles. The maximum absolute atomic E-state index is 12.5. The number of ether oxygens (including phenoxy) is 1. The Balaban J connectivity index is 2.07. The highest BCUT2D eigenvalue weighted by molar-refractivity contribution is 6.30. The highest BCUT2D eigenvalue weighted by Gasteiger charge is 2.34. The zero-order valence-electron chi connectivity index (χ0n) is 12.9. The summed E-state index contributed by atoms with van der Waals surface area (Å²) < 4.78 is 7.02. The number of carbonyl (C=O) groups excluding carboxylic acids is 1. The lowest BCUT2D eigenvalue weighted by Gasteiger charge is -2.28. The SMILES string of the molecule is CCCOC(=O)C1=C(C)Nc2ncnn2[C@H]1c1ccc(Cl)cc1. The summed E-state index contributed by atoms with van der Waals surface area (Å²) in [6.45, 7) is 4.18. The molecule has 1 aromatic heterocycles. The summed E-state index contributed by atoms with van der Waals surface area (Å²) in [7, 11) is 0. The molecule has 0 amide bonds. The molecule has 3 rings (SSSR count). The van der Waals surface area contributed by atoms with E-state index in [1.807, 2.05) is 26.0 Å². The molecule has 0 aliphatic carbocycles. The molecule has 7 heteroatoms. The van der Waals surface area contributed by atoms with Gasteiger partial charge in [-0.15, -0.1) is 0 Å². The van der Waals surface area contributed by atoms with Crippen molar-refractivity contribution in [2.45, 2.75) is 26.3 Å². The number of fused-ring (bicyclic) bond motifs is 1. The molecule has 0 saturated heterocycles. The van der Waals surface area contributed by atoms with Crippen LogP contribution in [-0.4, -0.2) is 27.3 Å². The van der Waals surface area contributed by atoms with Gasteiger partial charge in [-0.05, 0) is 31.0 Å². The lowest BCUT2D eigenvalue weighted by Crippen LogP contribution is -2.29. The Kier molecular flexibility index (Phi) is 4.34. The minimum Gasteiger partial charge on any atom is -0.462 e. The third kappa shape index (κ3) is 2.94. The van der Waals surface area contributed by atoms with Crippen molar-refractivity contribution in [1.82, 2.24) is 14.8 Å². The maximum Gasteiger partial charge on any atom is 0.338 e. The smallest absolute Gasteiger partial charge is 0.338 e. The number of hydrogen-bond acceptors (Lipinski definition) is 5. The number of carbonyl (C=O) groups is 1. The first-order chi connectivity index (χ1) is 11.1. The van der Waals surface area contributed by atoms with E-state index in [1.165, 1.54) is 6.33 Å². The minimum absolute atomic E-state index is 0.349. The first kappa shape index (κ1) is 15.6. The molecular formula is C16H17ClN4O2. The van der Waals surface area contributed by atoms with Crippen molar-refractivity contribution in [2.24, 2.45) is 0 Å². The van der Waals surface area contributed by atoms with E-state index in [0.29, 0.717) is 28.8 Å². The fourth-order valence-electron chi connectivity index (χ4n) is 2.58. The van der Waals surface area contributed by atoms with Gasteiger partial charge in [-0.2, -0.15) is 10.1 Å². The van der Waals surface area contributed by atoms with Crippen LogP contribution in [0.2, 0.25) is 5.02 Å². The van der Waals surface area contributed by atoms with Crippen molar-refractivity contribution < 1.29 is 9.53 Å². The van der Waals surface area contributed by atoms with E-state index in [9.17, 15) is 4.79 Å². The second-order valence-corrected chi connectivity index (χ2v) is 5.72. The third-order valence-corrected chi connectivity index (χ3v) is 3.89. The van der Waals surface area contributed by atoms with Gasteiger partial charge in [0, 0.05) is 10.7 Å². The van der Waals surface area contributed by atoms with Gasteiger partial charge < -0.3 is 10.1 Å². The van der Waals surface area contributed by atoms with Crippen molar-refractivity contribution >= 4 is 23.5 Å². The van der Waals surface area contributed by atoms with Crippen molar-refractivity contribution in [1.29, 1.82) is 0 Å². The van der Waals surface area contributed by atoms with Crippen LogP contribution in [-0.2, 0) is 9.53 Å². The fraction of sp³-hybridized carbons (Fsp3) is 0.312. The summed E-state index contributed by atoms with van der Waals surface area (Å²) in [5.74, 6) is 0.243. The lowest BCUT2D eigenvalue weighted by atomic mass is 9.96. The number of aromatic nitrogens is 3. The van der Waals surface area contributed by atoms with Crippen LogP contribution in [0.1, 0.15) is 31.9 Å². The molecule has 1 aliphatic rings. The van der Waals surface area contributed by atoms with Gasteiger partial charge in [-0.1, -0.05) is 30.7 Å². The van der Waals surface area contributed by atoms with Crippen molar-refractivity contribution in [3.05, 3.63) is 52.4 Å². The van der Waals surface area contributed by atoms with Crippen molar-refractivity contribution in [2.75, 3.05) is 11.9 Å². The average Bonchev–Trinajstić information content (AvgIpc) is 3.00. The molecule has 120 valence electrons. The normalized spacial score (nSPS) is 16.7. The van der Waals surface area contributed by atoms with E-state index in [4.69, 9.17) is 16.3 Å². The third-order valence-electron chi connectivity index (χ3n) is 3.64. The molecule has 2 aromatic rings. The number of esters is 1. The van der Waals surface area contributed by atoms with Gasteiger partial charge in [0.15, 0.2) is 0 Å². The van der Waals surface area contributed by atoms with Gasteiger partial charge in [0.05, 0.1) is 12.2 Å². The first-order valence-corrected chi connectivity index (χ1v) is 7.79. The molecule has 23 heavy (non-hydrogen) atoms. The Morgan fingerprint density at radius 2 is 2.13 bits per heavy atom. The van der Waals surface area contributed by atoms with Gasteiger partial charge in [0.1, 0.15) is 12.4 Å². The molecule has 1 aromatic carbocycles. The molecule has 1 N–H and O–H groups in total. The Labute approximate surface area is 139 Å². The first-order valence-electron chi connectivity index (χ1n) is 7.41. The number of benzene rings is 1. The van der Waals surface area contributed by atoms with Gasteiger partial charge in [-0.3, -0.25) is 0 Å². The summed E-state index contributed by atoms with van der Waals surface area (Å²) in [4.78, 5) is 16.7. The van der Waals surface area contributed by atoms with Crippen LogP contribution in [0.5, 0.6) is 0 Å². The zero-order valence-corrected chi connectivity index (χ0v) is 13.7. The number of nitrogens with one attached hydrogen (secondary N) is 1. The van der Waals surface area contributed by atoms with Gasteiger partial charge in [0.2, 0.25) is 5.95 Å². The second kappa shape index (κ2) is 6.42. The van der Waals surface area contributed by atoms with E-state index < -0.39 is 6.04 Å². The molecule has 0 spiro atoms. The van der Waals surface area contributed by atoms with Crippen molar-refractivity contribution in [3.8, 4) is 0 Å². The minimum atomic E-state index is -0.393. The van der Waals surface area contributed by atoms with Crippen LogP contribution >= 0.6 is 11.6 Å². The molecule has 6 nitrogen and oxygen atoms in total. The van der Waals surface area contributed by atoms with Gasteiger partial charge >= 0.3 is 5.97 Å². The number of anilines is 1. The molecule has 0 unspecified atom stereocenters. The van der Waals surface area contributed by atoms with Crippen LogP contribution in [0, 0.1) is 0 Å². The van der Waals surface area contributed by atoms with Gasteiger partial charge in [-0.25, -0.2) is 9.48 Å². The van der Waals surface area contributed by atoms with Crippen LogP contribution in [0.4, 0.5) is 5.95 Å². The fourth-order valence-corrected chi connectivity index (χ4v) is 2.71. The van der Waals surface area contributed by atoms with Gasteiger partial charge in [0.25, 0.3) is 0 Å². The largest absolute Gasteiger partial charge is 0.462 e. The molecule has 0 radical (unpaired) electrons. The standard InChI is InChI=1S/C16H17ClN4O2/c1-3-8-23-15(22)13-10(2)20-16-18-9-19-21(16)14(13)11-4-6-12(17)7-5-11/h4-7,9,14H,3,8H2,1-2H3,(H,18,19,20)/t14-/m0/s1. The van der Waals surface area contributed by atoms with E-state index in [2.05, 4.69) is 15.4 Å². The summed E-state index contributed by atoms with van der Waals surface area (Å²) in [5.41, 5.74) is 2.13. The topological polar surface area (TPSA) is 69.0 Å². The van der Waals surface area contributed by atoms with E-state index >= 15 is 0 Å². The number of nitrogens with zero attached hydrogens (tertiary/aromatic N) is 3. The summed E-state index contributed by atoms with van der Waals surface area (Å²) in [6.07, 6.45) is 2.23. The van der Waals surface area contributed by atoms with E-state index in [1.54, 1.807) is 16.8 Å². The van der Waals surface area contributed by atoms with Crippen LogP contribution in [0.3, 0.4) is 0 Å². The Hall–Kier alpha value is -2.34. The quantitative estimate of drug-likeness (QED) is 0.871. The van der Waals surface area contributed by atoms with E-state index in [-0.39, 0.29) is 5.97 Å². The van der Waals surface area contributed by atoms with Crippen LogP contribution in [0.25, 0.3) is 0 Å². The number of rotatable bonds is 4. The van der Waals surface area contributed by atoms with Crippen LogP contribution < -0.4 is 5.32 Å². The molecule has 0 bridgehead atoms. The molecule has 1 atom stereocenters. The lowest BCUT2D eigenvalue weighted by molar-refractivity contribution is -0.139. The highest BCUT2D eigenvalue weighted by atomic mass is 35.5.